The number of hydrogen-bond donors (Lipinski definition) is 1. The van der Waals surface area contributed by atoms with Crippen LogP contribution in [-0.4, -0.2) is 31.1 Å². The van der Waals surface area contributed by atoms with Crippen molar-refractivity contribution in [3.8, 4) is 16.6 Å². The highest BCUT2D eigenvalue weighted by Crippen LogP contribution is 2.22. The van der Waals surface area contributed by atoms with Crippen molar-refractivity contribution >= 4 is 17.2 Å². The molecule has 0 radical (unpaired) electrons. The zero-order chi connectivity index (χ0) is 16.1. The molecule has 0 aliphatic heterocycles. The fraction of sp³-hybridized carbons (Fsp3) is 0.143. The summed E-state index contributed by atoms with van der Waals surface area (Å²) in [5.41, 5.74) is 1.15. The van der Waals surface area contributed by atoms with E-state index in [0.717, 1.165) is 10.6 Å². The largest absolute Gasteiger partial charge is 0.344 e. The van der Waals surface area contributed by atoms with Crippen molar-refractivity contribution in [3.05, 3.63) is 47.2 Å². The number of hydrogen-bond acceptors (Lipinski definition) is 7. The average molecular weight is 325 g/mol. The van der Waals surface area contributed by atoms with Gasteiger partial charge in [-0.1, -0.05) is 46.9 Å². The molecular formula is C14H11N7OS. The molecular weight excluding hydrogens is 314 g/mol. The number of rotatable bonds is 5. The lowest BCUT2D eigenvalue weighted by atomic mass is 10.2. The monoisotopic (exact) mass is 325 g/mol. The summed E-state index contributed by atoms with van der Waals surface area (Å²) < 4.78 is 1.30. The van der Waals surface area contributed by atoms with E-state index in [1.807, 2.05) is 36.4 Å². The topological polar surface area (TPSA) is 109 Å². The predicted octanol–water partition coefficient (Wildman–Crippen LogP) is 1.25. The van der Waals surface area contributed by atoms with E-state index in [2.05, 4.69) is 25.8 Å². The van der Waals surface area contributed by atoms with Crippen molar-refractivity contribution in [2.75, 3.05) is 0 Å². The highest BCUT2D eigenvalue weighted by atomic mass is 32.1. The molecule has 23 heavy (non-hydrogen) atoms. The van der Waals surface area contributed by atoms with Crippen LogP contribution in [0.1, 0.15) is 15.5 Å². The lowest BCUT2D eigenvalue weighted by Crippen LogP contribution is -2.23. The second-order valence-corrected chi connectivity index (χ2v) is 5.57. The van der Waals surface area contributed by atoms with Crippen molar-refractivity contribution in [1.82, 2.24) is 30.5 Å². The van der Waals surface area contributed by atoms with Crippen LogP contribution >= 0.6 is 11.3 Å². The quantitative estimate of drug-likeness (QED) is 0.756. The second-order valence-electron chi connectivity index (χ2n) is 4.51. The standard InChI is InChI=1S/C14H11N7OS/c15-6-7-21-9-11(17-20-21)13(22)16-8-12-18-19-14(23-12)10-4-2-1-3-5-10/h1-5,9H,7-8H2,(H,16,22). The summed E-state index contributed by atoms with van der Waals surface area (Å²) in [6.45, 7) is 0.311. The molecule has 1 N–H and O–H groups in total. The minimum atomic E-state index is -0.370. The molecule has 9 heteroatoms. The minimum absolute atomic E-state index is 0.0527. The summed E-state index contributed by atoms with van der Waals surface area (Å²) in [7, 11) is 0. The molecule has 0 saturated carbocycles. The fourth-order valence-electron chi connectivity index (χ4n) is 1.82. The van der Waals surface area contributed by atoms with E-state index < -0.39 is 0 Å². The van der Waals surface area contributed by atoms with Crippen LogP contribution in [0.25, 0.3) is 10.6 Å². The summed E-state index contributed by atoms with van der Waals surface area (Å²) in [5.74, 6) is -0.370. The Balaban J connectivity index is 1.61. The van der Waals surface area contributed by atoms with Crippen LogP contribution < -0.4 is 5.32 Å². The summed E-state index contributed by atoms with van der Waals surface area (Å²) >= 11 is 1.42. The Morgan fingerprint density at radius 1 is 1.26 bits per heavy atom. The first-order valence-corrected chi connectivity index (χ1v) is 7.51. The van der Waals surface area contributed by atoms with E-state index in [9.17, 15) is 4.79 Å². The van der Waals surface area contributed by atoms with Crippen molar-refractivity contribution in [2.24, 2.45) is 0 Å². The van der Waals surface area contributed by atoms with Gasteiger partial charge in [0.15, 0.2) is 5.69 Å². The van der Waals surface area contributed by atoms with Gasteiger partial charge in [0, 0.05) is 5.56 Å². The maximum atomic E-state index is 12.0. The molecule has 3 rings (SSSR count). The van der Waals surface area contributed by atoms with Gasteiger partial charge in [0.2, 0.25) is 0 Å². The minimum Gasteiger partial charge on any atom is -0.344 e. The molecule has 2 aromatic heterocycles. The van der Waals surface area contributed by atoms with Gasteiger partial charge in [0.1, 0.15) is 16.6 Å². The van der Waals surface area contributed by atoms with Gasteiger partial charge in [-0.3, -0.25) is 4.79 Å². The molecule has 0 unspecified atom stereocenters. The lowest BCUT2D eigenvalue weighted by Gasteiger charge is -1.98. The first-order valence-electron chi connectivity index (χ1n) is 6.69. The summed E-state index contributed by atoms with van der Waals surface area (Å²) in [5, 5.41) is 28.3. The third-order valence-electron chi connectivity index (χ3n) is 2.89. The van der Waals surface area contributed by atoms with E-state index in [1.54, 1.807) is 0 Å². The van der Waals surface area contributed by atoms with Crippen LogP contribution in [0.2, 0.25) is 0 Å². The van der Waals surface area contributed by atoms with Crippen LogP contribution in [0.5, 0.6) is 0 Å². The summed E-state index contributed by atoms with van der Waals surface area (Å²) in [6, 6.07) is 11.6. The van der Waals surface area contributed by atoms with Gasteiger partial charge in [0.05, 0.1) is 18.8 Å². The molecule has 8 nitrogen and oxygen atoms in total. The second kappa shape index (κ2) is 6.76. The van der Waals surface area contributed by atoms with Crippen LogP contribution in [-0.2, 0) is 13.1 Å². The van der Waals surface area contributed by atoms with Gasteiger partial charge in [-0.25, -0.2) is 4.68 Å². The molecule has 3 aromatic rings. The van der Waals surface area contributed by atoms with E-state index in [1.165, 1.54) is 22.2 Å². The van der Waals surface area contributed by atoms with Crippen molar-refractivity contribution in [3.63, 3.8) is 0 Å². The average Bonchev–Trinajstić information content (AvgIpc) is 3.23. The Morgan fingerprint density at radius 3 is 2.87 bits per heavy atom. The zero-order valence-electron chi connectivity index (χ0n) is 11.9. The van der Waals surface area contributed by atoms with Gasteiger partial charge in [-0.05, 0) is 0 Å². The maximum absolute atomic E-state index is 12.0. The normalized spacial score (nSPS) is 10.2. The van der Waals surface area contributed by atoms with Crippen molar-refractivity contribution in [1.29, 1.82) is 5.26 Å². The number of carbonyl (C=O) groups is 1. The lowest BCUT2D eigenvalue weighted by molar-refractivity contribution is 0.0945. The van der Waals surface area contributed by atoms with Gasteiger partial charge >= 0.3 is 0 Å². The Morgan fingerprint density at radius 2 is 2.09 bits per heavy atom. The van der Waals surface area contributed by atoms with Crippen LogP contribution in [0.4, 0.5) is 0 Å². The molecule has 0 aliphatic rings. The van der Waals surface area contributed by atoms with Crippen LogP contribution in [0.3, 0.4) is 0 Å². The van der Waals surface area contributed by atoms with E-state index in [0.29, 0.717) is 5.01 Å². The highest BCUT2D eigenvalue weighted by Gasteiger charge is 2.12. The molecule has 114 valence electrons. The molecule has 0 spiro atoms. The molecule has 2 heterocycles. The number of nitrogens with one attached hydrogen (secondary N) is 1. The zero-order valence-corrected chi connectivity index (χ0v) is 12.7. The van der Waals surface area contributed by atoms with Gasteiger partial charge in [0.25, 0.3) is 5.91 Å². The molecule has 1 aromatic carbocycles. The van der Waals surface area contributed by atoms with Crippen molar-refractivity contribution in [2.45, 2.75) is 13.1 Å². The molecule has 0 bridgehead atoms. The van der Waals surface area contributed by atoms with Gasteiger partial charge in [-0.15, -0.1) is 15.3 Å². The van der Waals surface area contributed by atoms with Gasteiger partial charge < -0.3 is 5.32 Å². The Bertz CT molecular complexity index is 849. The third kappa shape index (κ3) is 3.56. The smallest absolute Gasteiger partial charge is 0.273 e. The first-order chi connectivity index (χ1) is 11.3. The number of nitriles is 1. The number of nitrogens with zero attached hydrogens (tertiary/aromatic N) is 6. The predicted molar refractivity (Wildman–Crippen MR) is 82.2 cm³/mol. The number of amides is 1. The highest BCUT2D eigenvalue weighted by molar-refractivity contribution is 7.14. The Hall–Kier alpha value is -3.12. The fourth-order valence-corrected chi connectivity index (χ4v) is 2.61. The number of benzene rings is 1. The SMILES string of the molecule is N#CCn1cc(C(=O)NCc2nnc(-c3ccccc3)s2)nn1. The summed E-state index contributed by atoms with van der Waals surface area (Å²) in [4.78, 5) is 12.0. The number of carbonyl (C=O) groups excluding carboxylic acids is 1. The van der Waals surface area contributed by atoms with Crippen LogP contribution in [0, 0.1) is 11.3 Å². The molecule has 0 aliphatic carbocycles. The van der Waals surface area contributed by atoms with E-state index in [-0.39, 0.29) is 24.7 Å². The molecule has 0 saturated heterocycles. The Kier molecular flexibility index (Phi) is 4.35. The molecule has 0 atom stereocenters. The summed E-state index contributed by atoms with van der Waals surface area (Å²) in [6.07, 6.45) is 1.42. The van der Waals surface area contributed by atoms with Crippen molar-refractivity contribution < 1.29 is 4.79 Å². The number of aromatic nitrogens is 5. The third-order valence-corrected chi connectivity index (χ3v) is 3.86. The van der Waals surface area contributed by atoms with E-state index in [4.69, 9.17) is 5.26 Å². The Labute approximate surface area is 135 Å². The molecule has 1 amide bonds. The maximum Gasteiger partial charge on any atom is 0.273 e. The molecule has 0 fully saturated rings. The first kappa shape index (κ1) is 14.8. The van der Waals surface area contributed by atoms with Crippen LogP contribution in [0.15, 0.2) is 36.5 Å². The van der Waals surface area contributed by atoms with E-state index >= 15 is 0 Å². The van der Waals surface area contributed by atoms with Gasteiger partial charge in [-0.2, -0.15) is 5.26 Å².